The summed E-state index contributed by atoms with van der Waals surface area (Å²) in [6, 6.07) is 21.4. The van der Waals surface area contributed by atoms with Gasteiger partial charge < -0.3 is 4.90 Å². The third-order valence-electron chi connectivity index (χ3n) is 5.23. The van der Waals surface area contributed by atoms with Gasteiger partial charge in [0.05, 0.1) is 16.3 Å². The Bertz CT molecular complexity index is 1280. The Morgan fingerprint density at radius 3 is 2.40 bits per heavy atom. The van der Waals surface area contributed by atoms with Crippen molar-refractivity contribution in [2.45, 2.75) is 16.8 Å². The number of carbonyl (C=O) groups is 1. The van der Waals surface area contributed by atoms with Crippen molar-refractivity contribution in [2.24, 2.45) is 0 Å². The van der Waals surface area contributed by atoms with Gasteiger partial charge in [-0.2, -0.15) is 0 Å². The fourth-order valence-electron chi connectivity index (χ4n) is 3.62. The predicted molar refractivity (Wildman–Crippen MR) is 123 cm³/mol. The molecule has 1 atom stereocenters. The summed E-state index contributed by atoms with van der Waals surface area (Å²) < 4.78 is 1.64. The highest BCUT2D eigenvalue weighted by molar-refractivity contribution is 8.00. The summed E-state index contributed by atoms with van der Waals surface area (Å²) in [7, 11) is 1.81. The van der Waals surface area contributed by atoms with Crippen LogP contribution in [0, 0.1) is 0 Å². The predicted octanol–water partition coefficient (Wildman–Crippen LogP) is 4.44. The molecule has 5 rings (SSSR count). The molecular weight excluding hydrogens is 414 g/mol. The molecule has 2 aromatic carbocycles. The van der Waals surface area contributed by atoms with Crippen LogP contribution in [0.5, 0.6) is 0 Å². The molecule has 0 bridgehead atoms. The van der Waals surface area contributed by atoms with Gasteiger partial charge in [-0.15, -0.1) is 11.3 Å². The molecule has 0 N–H and O–H groups in total. The maximum atomic E-state index is 13.5. The normalized spacial score (nSPS) is 16.5. The van der Waals surface area contributed by atoms with Crippen LogP contribution in [0.3, 0.4) is 0 Å². The van der Waals surface area contributed by atoms with E-state index in [1.807, 2.05) is 73.8 Å². The summed E-state index contributed by atoms with van der Waals surface area (Å²) in [5, 5.41) is 0.943. The summed E-state index contributed by atoms with van der Waals surface area (Å²) in [6.07, 6.45) is 0.752. The molecule has 5 nitrogen and oxygen atoms in total. The maximum Gasteiger partial charge on any atom is 0.267 e. The lowest BCUT2D eigenvalue weighted by molar-refractivity contribution is -0.126. The monoisotopic (exact) mass is 433 g/mol. The summed E-state index contributed by atoms with van der Waals surface area (Å²) in [5.41, 5.74) is 1.71. The minimum atomic E-state index is -0.220. The molecule has 1 aliphatic rings. The van der Waals surface area contributed by atoms with Gasteiger partial charge in [0, 0.05) is 18.5 Å². The fourth-order valence-corrected chi connectivity index (χ4v) is 5.90. The van der Waals surface area contributed by atoms with Crippen LogP contribution in [0.15, 0.2) is 76.7 Å². The van der Waals surface area contributed by atoms with Crippen LogP contribution >= 0.6 is 23.1 Å². The first-order chi connectivity index (χ1) is 14.6. The first kappa shape index (κ1) is 19.1. The number of amides is 1. The average Bonchev–Trinajstić information content (AvgIpc) is 3.34. The molecule has 0 spiro atoms. The van der Waals surface area contributed by atoms with Gasteiger partial charge in [0.25, 0.3) is 5.56 Å². The van der Waals surface area contributed by atoms with Crippen LogP contribution in [0.4, 0.5) is 0 Å². The third-order valence-corrected chi connectivity index (χ3v) is 7.52. The highest BCUT2D eigenvalue weighted by atomic mass is 32.2. The van der Waals surface area contributed by atoms with E-state index in [1.165, 1.54) is 23.1 Å². The molecule has 0 saturated carbocycles. The Morgan fingerprint density at radius 2 is 1.73 bits per heavy atom. The number of fused-ring (bicyclic) bond motifs is 1. The zero-order valence-corrected chi connectivity index (χ0v) is 18.0. The second kappa shape index (κ2) is 7.74. The molecule has 2 aromatic heterocycles. The molecule has 150 valence electrons. The number of thiophene rings is 1. The van der Waals surface area contributed by atoms with E-state index in [2.05, 4.69) is 0 Å². The van der Waals surface area contributed by atoms with Crippen LogP contribution in [-0.4, -0.2) is 39.2 Å². The lowest BCUT2D eigenvalue weighted by Gasteiger charge is -2.14. The lowest BCUT2D eigenvalue weighted by atomic mass is 10.2. The standard InChI is InChI=1S/C23H19N3O2S2/c1-25-13-12-18(22(25)28)30-23-24-20-17(14-19(29-20)15-8-4-2-5-9-15)21(27)26(23)16-10-6-3-7-11-16/h2-11,14,18H,12-13H2,1H3. The SMILES string of the molecule is CN1CCC(Sc2nc3sc(-c4ccccc4)cc3c(=O)n2-c2ccccc2)C1=O. The Balaban J connectivity index is 1.68. The molecule has 1 amide bonds. The number of aromatic nitrogens is 2. The van der Waals surface area contributed by atoms with Gasteiger partial charge in [0.1, 0.15) is 4.83 Å². The number of rotatable bonds is 4. The molecule has 1 unspecified atom stereocenters. The van der Waals surface area contributed by atoms with Crippen LogP contribution < -0.4 is 5.56 Å². The average molecular weight is 434 g/mol. The van der Waals surface area contributed by atoms with Crippen molar-refractivity contribution in [1.82, 2.24) is 14.5 Å². The van der Waals surface area contributed by atoms with E-state index in [0.717, 1.165) is 29.1 Å². The summed E-state index contributed by atoms with van der Waals surface area (Å²) in [4.78, 5) is 34.3. The number of hydrogen-bond acceptors (Lipinski definition) is 5. The largest absolute Gasteiger partial charge is 0.345 e. The van der Waals surface area contributed by atoms with Crippen molar-refractivity contribution in [2.75, 3.05) is 13.6 Å². The maximum absolute atomic E-state index is 13.5. The summed E-state index contributed by atoms with van der Waals surface area (Å²) >= 11 is 2.89. The van der Waals surface area contributed by atoms with E-state index in [4.69, 9.17) is 4.98 Å². The number of nitrogens with zero attached hydrogens (tertiary/aromatic N) is 3. The smallest absolute Gasteiger partial charge is 0.267 e. The first-order valence-electron chi connectivity index (χ1n) is 9.71. The van der Waals surface area contributed by atoms with Crippen LogP contribution in [0.1, 0.15) is 6.42 Å². The number of likely N-dealkylation sites (tertiary alicyclic amines) is 1. The van der Waals surface area contributed by atoms with Crippen molar-refractivity contribution < 1.29 is 4.79 Å². The molecule has 1 aliphatic heterocycles. The van der Waals surface area contributed by atoms with Gasteiger partial charge in [-0.25, -0.2) is 4.98 Å². The summed E-state index contributed by atoms with van der Waals surface area (Å²) in [6.45, 7) is 0.728. The molecule has 0 aliphatic carbocycles. The number of hydrogen-bond donors (Lipinski definition) is 0. The first-order valence-corrected chi connectivity index (χ1v) is 11.4. The Morgan fingerprint density at radius 1 is 1.03 bits per heavy atom. The Kier molecular flexibility index (Phi) is 4.92. The van der Waals surface area contributed by atoms with Gasteiger partial charge in [0.15, 0.2) is 5.16 Å². The van der Waals surface area contributed by atoms with Crippen molar-refractivity contribution >= 4 is 39.2 Å². The van der Waals surface area contributed by atoms with Crippen molar-refractivity contribution in [1.29, 1.82) is 0 Å². The zero-order valence-electron chi connectivity index (χ0n) is 16.3. The molecule has 1 saturated heterocycles. The van der Waals surface area contributed by atoms with Crippen LogP contribution in [-0.2, 0) is 4.79 Å². The lowest BCUT2D eigenvalue weighted by Crippen LogP contribution is -2.26. The van der Waals surface area contributed by atoms with Crippen LogP contribution in [0.25, 0.3) is 26.3 Å². The second-order valence-corrected chi connectivity index (χ2v) is 9.42. The van der Waals surface area contributed by atoms with E-state index in [1.54, 1.807) is 9.47 Å². The van der Waals surface area contributed by atoms with Crippen molar-refractivity contribution in [3.8, 4) is 16.1 Å². The van der Waals surface area contributed by atoms with Gasteiger partial charge in [-0.1, -0.05) is 60.3 Å². The van der Waals surface area contributed by atoms with E-state index < -0.39 is 0 Å². The van der Waals surface area contributed by atoms with Gasteiger partial charge in [-0.3, -0.25) is 14.2 Å². The molecule has 0 radical (unpaired) electrons. The van der Waals surface area contributed by atoms with E-state index in [9.17, 15) is 9.59 Å². The topological polar surface area (TPSA) is 55.2 Å². The van der Waals surface area contributed by atoms with Gasteiger partial charge in [-0.05, 0) is 30.2 Å². The van der Waals surface area contributed by atoms with Gasteiger partial charge >= 0.3 is 0 Å². The zero-order chi connectivity index (χ0) is 20.7. The molecular formula is C23H19N3O2S2. The second-order valence-electron chi connectivity index (χ2n) is 7.22. The molecule has 4 aromatic rings. The third kappa shape index (κ3) is 3.34. The molecule has 1 fully saturated rings. The Hall–Kier alpha value is -2.90. The van der Waals surface area contributed by atoms with Crippen molar-refractivity contribution in [3.05, 3.63) is 77.1 Å². The van der Waals surface area contributed by atoms with Crippen molar-refractivity contribution in [3.63, 3.8) is 0 Å². The van der Waals surface area contributed by atoms with Gasteiger partial charge in [0.2, 0.25) is 5.91 Å². The molecule has 7 heteroatoms. The number of thioether (sulfide) groups is 1. The van der Waals surface area contributed by atoms with Crippen LogP contribution in [0.2, 0.25) is 0 Å². The fraction of sp³-hybridized carbons (Fsp3) is 0.174. The van der Waals surface area contributed by atoms with E-state index >= 15 is 0 Å². The minimum absolute atomic E-state index is 0.0881. The molecule has 3 heterocycles. The summed E-state index contributed by atoms with van der Waals surface area (Å²) in [5.74, 6) is 0.0881. The number of para-hydroxylation sites is 1. The van der Waals surface area contributed by atoms with E-state index in [-0.39, 0.29) is 16.7 Å². The minimum Gasteiger partial charge on any atom is -0.345 e. The Labute approximate surface area is 182 Å². The number of benzene rings is 2. The highest BCUT2D eigenvalue weighted by Crippen LogP contribution is 2.35. The molecule has 30 heavy (non-hydrogen) atoms. The highest BCUT2D eigenvalue weighted by Gasteiger charge is 2.31. The quantitative estimate of drug-likeness (QED) is 0.447. The van der Waals surface area contributed by atoms with E-state index in [0.29, 0.717) is 15.4 Å². The number of carbonyl (C=O) groups excluding carboxylic acids is 1.